The van der Waals surface area contributed by atoms with Gasteiger partial charge in [-0.05, 0) is 31.2 Å². The monoisotopic (exact) mass is 267 g/mol. The molecule has 4 nitrogen and oxygen atoms in total. The molecule has 0 amide bonds. The Hall–Kier alpha value is -2.20. The summed E-state index contributed by atoms with van der Waals surface area (Å²) in [5.74, 6) is 0.900. The van der Waals surface area contributed by atoms with Gasteiger partial charge in [0.1, 0.15) is 5.76 Å². The maximum Gasteiger partial charge on any atom is 0.125 e. The molecule has 0 aliphatic rings. The maximum absolute atomic E-state index is 5.59. The summed E-state index contributed by atoms with van der Waals surface area (Å²) in [5, 5.41) is 3.52. The number of aromatic nitrogens is 2. The predicted octanol–water partition coefficient (Wildman–Crippen LogP) is 3.31. The summed E-state index contributed by atoms with van der Waals surface area (Å²) in [6.07, 6.45) is 6.21. The van der Waals surface area contributed by atoms with Gasteiger partial charge < -0.3 is 9.73 Å². The molecule has 102 valence electrons. The average molecular weight is 267 g/mol. The van der Waals surface area contributed by atoms with Crippen LogP contribution in [0.2, 0.25) is 0 Å². The first kappa shape index (κ1) is 12.8. The van der Waals surface area contributed by atoms with E-state index < -0.39 is 0 Å². The van der Waals surface area contributed by atoms with Crippen LogP contribution in [0.3, 0.4) is 0 Å². The van der Waals surface area contributed by atoms with Crippen molar-refractivity contribution in [3.05, 3.63) is 60.3 Å². The number of furan rings is 1. The predicted molar refractivity (Wildman–Crippen MR) is 78.4 cm³/mol. The zero-order valence-corrected chi connectivity index (χ0v) is 11.4. The van der Waals surface area contributed by atoms with E-state index >= 15 is 0 Å². The van der Waals surface area contributed by atoms with E-state index in [-0.39, 0.29) is 6.04 Å². The number of hydrogen-bond acceptors (Lipinski definition) is 4. The lowest BCUT2D eigenvalue weighted by Gasteiger charge is -2.17. The molecule has 1 aromatic carbocycles. The molecule has 3 rings (SSSR count). The van der Waals surface area contributed by atoms with Crippen molar-refractivity contribution >= 4 is 11.0 Å². The molecule has 0 bridgehead atoms. The summed E-state index contributed by atoms with van der Waals surface area (Å²) in [4.78, 5) is 8.84. The Bertz CT molecular complexity index is 674. The lowest BCUT2D eigenvalue weighted by atomic mass is 10.0. The Morgan fingerprint density at radius 3 is 2.85 bits per heavy atom. The zero-order chi connectivity index (χ0) is 13.8. The molecule has 0 saturated carbocycles. The van der Waals surface area contributed by atoms with Crippen molar-refractivity contribution < 1.29 is 4.42 Å². The van der Waals surface area contributed by atoms with E-state index in [2.05, 4.69) is 28.3 Å². The minimum atomic E-state index is 0.00495. The topological polar surface area (TPSA) is 51.0 Å². The van der Waals surface area contributed by atoms with Gasteiger partial charge in [-0.3, -0.25) is 9.97 Å². The summed E-state index contributed by atoms with van der Waals surface area (Å²) in [7, 11) is 0. The van der Waals surface area contributed by atoms with Crippen LogP contribution in [0.5, 0.6) is 0 Å². The molecule has 0 aliphatic carbocycles. The van der Waals surface area contributed by atoms with Crippen molar-refractivity contribution in [1.82, 2.24) is 15.3 Å². The van der Waals surface area contributed by atoms with Gasteiger partial charge in [-0.1, -0.05) is 19.1 Å². The molecule has 0 saturated heterocycles. The van der Waals surface area contributed by atoms with Crippen molar-refractivity contribution in [2.24, 2.45) is 0 Å². The SMILES string of the molecule is CCCNC(c1ccco1)c1cccc2nccnc12. The molecule has 0 spiro atoms. The molecule has 1 atom stereocenters. The van der Waals surface area contributed by atoms with Crippen LogP contribution in [-0.4, -0.2) is 16.5 Å². The van der Waals surface area contributed by atoms with Gasteiger partial charge in [-0.15, -0.1) is 0 Å². The van der Waals surface area contributed by atoms with Gasteiger partial charge in [-0.25, -0.2) is 0 Å². The number of hydrogen-bond donors (Lipinski definition) is 1. The number of nitrogens with zero attached hydrogens (tertiary/aromatic N) is 2. The molecule has 0 fully saturated rings. The normalized spacial score (nSPS) is 12.7. The van der Waals surface area contributed by atoms with Gasteiger partial charge in [0.25, 0.3) is 0 Å². The smallest absolute Gasteiger partial charge is 0.125 e. The molecule has 1 unspecified atom stereocenters. The fraction of sp³-hybridized carbons (Fsp3) is 0.250. The Balaban J connectivity index is 2.09. The molecule has 2 heterocycles. The maximum atomic E-state index is 5.59. The lowest BCUT2D eigenvalue weighted by molar-refractivity contribution is 0.447. The molecule has 0 radical (unpaired) electrons. The summed E-state index contributed by atoms with van der Waals surface area (Å²) in [6.45, 7) is 3.07. The number of rotatable bonds is 5. The van der Waals surface area contributed by atoms with Crippen molar-refractivity contribution in [1.29, 1.82) is 0 Å². The summed E-state index contributed by atoms with van der Waals surface area (Å²) >= 11 is 0. The first-order valence-corrected chi connectivity index (χ1v) is 6.86. The van der Waals surface area contributed by atoms with E-state index in [0.29, 0.717) is 0 Å². The second-order valence-electron chi connectivity index (χ2n) is 4.67. The molecule has 20 heavy (non-hydrogen) atoms. The van der Waals surface area contributed by atoms with E-state index in [9.17, 15) is 0 Å². The van der Waals surface area contributed by atoms with Crippen molar-refractivity contribution in [2.45, 2.75) is 19.4 Å². The molecule has 0 aliphatic heterocycles. The van der Waals surface area contributed by atoms with E-state index in [1.807, 2.05) is 24.3 Å². The third kappa shape index (κ3) is 2.42. The third-order valence-electron chi connectivity index (χ3n) is 3.27. The van der Waals surface area contributed by atoms with E-state index in [4.69, 9.17) is 4.42 Å². The third-order valence-corrected chi connectivity index (χ3v) is 3.27. The molecule has 3 aromatic rings. The van der Waals surface area contributed by atoms with Crippen LogP contribution >= 0.6 is 0 Å². The van der Waals surface area contributed by atoms with E-state index in [0.717, 1.165) is 35.3 Å². The largest absolute Gasteiger partial charge is 0.467 e. The molecule has 2 aromatic heterocycles. The van der Waals surface area contributed by atoms with Crippen molar-refractivity contribution in [3.63, 3.8) is 0 Å². The highest BCUT2D eigenvalue weighted by molar-refractivity contribution is 5.78. The van der Waals surface area contributed by atoms with Crippen molar-refractivity contribution in [3.8, 4) is 0 Å². The summed E-state index contributed by atoms with van der Waals surface area (Å²) in [6, 6.07) is 9.97. The Morgan fingerprint density at radius 1 is 1.15 bits per heavy atom. The minimum Gasteiger partial charge on any atom is -0.467 e. The number of benzene rings is 1. The minimum absolute atomic E-state index is 0.00495. The Labute approximate surface area is 117 Å². The zero-order valence-electron chi connectivity index (χ0n) is 11.4. The Kier molecular flexibility index (Phi) is 3.74. The van der Waals surface area contributed by atoms with Crippen molar-refractivity contribution in [2.75, 3.05) is 6.54 Å². The van der Waals surface area contributed by atoms with E-state index in [1.54, 1.807) is 18.7 Å². The van der Waals surface area contributed by atoms with Gasteiger partial charge in [-0.2, -0.15) is 0 Å². The van der Waals surface area contributed by atoms with Gasteiger partial charge in [0.2, 0.25) is 0 Å². The fourth-order valence-corrected chi connectivity index (χ4v) is 2.36. The fourth-order valence-electron chi connectivity index (χ4n) is 2.36. The highest BCUT2D eigenvalue weighted by Gasteiger charge is 2.19. The van der Waals surface area contributed by atoms with Crippen LogP contribution in [0, 0.1) is 0 Å². The van der Waals surface area contributed by atoms with Crippen LogP contribution in [0.4, 0.5) is 0 Å². The van der Waals surface area contributed by atoms with Gasteiger partial charge in [0, 0.05) is 18.0 Å². The van der Waals surface area contributed by atoms with Crippen LogP contribution in [-0.2, 0) is 0 Å². The first-order chi connectivity index (χ1) is 9.90. The summed E-state index contributed by atoms with van der Waals surface area (Å²) in [5.41, 5.74) is 2.92. The van der Waals surface area contributed by atoms with E-state index in [1.165, 1.54) is 0 Å². The second kappa shape index (κ2) is 5.84. The van der Waals surface area contributed by atoms with Gasteiger partial charge >= 0.3 is 0 Å². The highest BCUT2D eigenvalue weighted by Crippen LogP contribution is 2.27. The molecular formula is C16H17N3O. The number of fused-ring (bicyclic) bond motifs is 1. The van der Waals surface area contributed by atoms with Crippen LogP contribution in [0.25, 0.3) is 11.0 Å². The second-order valence-corrected chi connectivity index (χ2v) is 4.67. The molecule has 4 heteroatoms. The van der Waals surface area contributed by atoms with Crippen LogP contribution < -0.4 is 5.32 Å². The van der Waals surface area contributed by atoms with Crippen LogP contribution in [0.15, 0.2) is 53.4 Å². The summed E-state index contributed by atoms with van der Waals surface area (Å²) < 4.78 is 5.59. The highest BCUT2D eigenvalue weighted by atomic mass is 16.3. The average Bonchev–Trinajstić information content (AvgIpc) is 3.02. The Morgan fingerprint density at radius 2 is 2.05 bits per heavy atom. The lowest BCUT2D eigenvalue weighted by Crippen LogP contribution is -2.23. The van der Waals surface area contributed by atoms with Crippen LogP contribution in [0.1, 0.15) is 30.7 Å². The first-order valence-electron chi connectivity index (χ1n) is 6.86. The standard InChI is InChI=1S/C16H17N3O/c1-2-8-18-16(14-7-4-11-20-14)12-5-3-6-13-15(12)19-10-9-17-13/h3-7,9-11,16,18H,2,8H2,1H3. The molecular weight excluding hydrogens is 250 g/mol. The number of para-hydroxylation sites is 1. The molecule has 1 N–H and O–H groups in total. The number of nitrogens with one attached hydrogen (secondary N) is 1. The quantitative estimate of drug-likeness (QED) is 0.770. The van der Waals surface area contributed by atoms with Gasteiger partial charge in [0.05, 0.1) is 23.3 Å². The van der Waals surface area contributed by atoms with Gasteiger partial charge in [0.15, 0.2) is 0 Å².